The number of anilines is 1. The molecular weight excluding hydrogens is 536 g/mol. The average Bonchev–Trinajstić information content (AvgIpc) is 3.30. The van der Waals surface area contributed by atoms with E-state index in [4.69, 9.17) is 14.1 Å². The van der Waals surface area contributed by atoms with Crippen LogP contribution in [0.25, 0.3) is 0 Å². The summed E-state index contributed by atoms with van der Waals surface area (Å²) in [6, 6.07) is 8.44. The van der Waals surface area contributed by atoms with Crippen LogP contribution >= 0.6 is 11.3 Å². The number of ketones is 1. The van der Waals surface area contributed by atoms with Gasteiger partial charge in [-0.25, -0.2) is 19.3 Å². The summed E-state index contributed by atoms with van der Waals surface area (Å²) in [4.78, 5) is 23.9. The van der Waals surface area contributed by atoms with Gasteiger partial charge in [-0.15, -0.1) is 11.3 Å². The maximum absolute atomic E-state index is 13.7. The van der Waals surface area contributed by atoms with Crippen molar-refractivity contribution in [3.63, 3.8) is 0 Å². The molecule has 1 spiro atoms. The molecule has 4 unspecified atom stereocenters. The number of aryl methyl sites for hydroxylation is 2. The number of benzene rings is 1. The Kier molecular flexibility index (Phi) is 7.15. The lowest BCUT2D eigenvalue weighted by Crippen LogP contribution is -2.22. The molecule has 3 heterocycles. The molecule has 11 heteroatoms. The van der Waals surface area contributed by atoms with Crippen LogP contribution in [0.15, 0.2) is 36.8 Å². The third-order valence-corrected chi connectivity index (χ3v) is 9.86. The van der Waals surface area contributed by atoms with Gasteiger partial charge in [0.05, 0.1) is 29.3 Å². The molecule has 1 aromatic carbocycles. The molecule has 0 amide bonds. The van der Waals surface area contributed by atoms with Crippen LogP contribution in [0.4, 0.5) is 5.82 Å². The van der Waals surface area contributed by atoms with Crippen molar-refractivity contribution in [2.75, 3.05) is 11.9 Å². The first-order valence-electron chi connectivity index (χ1n) is 13.2. The van der Waals surface area contributed by atoms with Crippen LogP contribution in [0.2, 0.25) is 0 Å². The van der Waals surface area contributed by atoms with Gasteiger partial charge in [0.2, 0.25) is 17.0 Å². The summed E-state index contributed by atoms with van der Waals surface area (Å²) in [6.45, 7) is 4.82. The van der Waals surface area contributed by atoms with E-state index in [2.05, 4.69) is 40.4 Å². The molecule has 6 rings (SSSR count). The number of fused-ring (bicyclic) bond motifs is 1. The lowest BCUT2D eigenvalue weighted by molar-refractivity contribution is 0.0697. The number of nitrogens with two attached hydrogens (primary N) is 1. The van der Waals surface area contributed by atoms with Gasteiger partial charge in [0.25, 0.3) is 0 Å². The Morgan fingerprint density at radius 3 is 2.97 bits per heavy atom. The van der Waals surface area contributed by atoms with E-state index >= 15 is 0 Å². The first-order chi connectivity index (χ1) is 18.8. The largest absolute Gasteiger partial charge is 0.392 e. The van der Waals surface area contributed by atoms with E-state index < -0.39 is 22.8 Å². The molecule has 0 bridgehead atoms. The van der Waals surface area contributed by atoms with Crippen molar-refractivity contribution < 1.29 is 23.0 Å². The van der Waals surface area contributed by atoms with Gasteiger partial charge in [0, 0.05) is 22.5 Å². The predicted molar refractivity (Wildman–Crippen MR) is 149 cm³/mol. The second-order valence-corrected chi connectivity index (χ2v) is 12.7. The summed E-state index contributed by atoms with van der Waals surface area (Å²) >= 11 is -0.418. The van der Waals surface area contributed by atoms with Crippen LogP contribution in [0, 0.1) is 12.3 Å². The number of ether oxygens (including phenoxy) is 1. The SMILES string of the molecule is CCc1ccc2c(c1)C(c1cc(C(=O)c3cncnc3N[C@H]3C[C@H](O)C4(CC4OS(N)=O)C3)sc1C)OCC2. The summed E-state index contributed by atoms with van der Waals surface area (Å²) in [5.41, 5.74) is 4.68. The molecule has 9 nitrogen and oxygen atoms in total. The number of carbonyl (C=O) groups excluding carboxylic acids is 1. The normalized spacial score (nSPS) is 28.3. The first kappa shape index (κ1) is 26.7. The molecule has 3 aromatic rings. The number of nitrogens with zero attached hydrogens (tertiary/aromatic N) is 2. The molecule has 1 aliphatic heterocycles. The van der Waals surface area contributed by atoms with Crippen molar-refractivity contribution in [3.8, 4) is 0 Å². The van der Waals surface area contributed by atoms with Gasteiger partial charge in [-0.1, -0.05) is 25.1 Å². The van der Waals surface area contributed by atoms with Gasteiger partial charge < -0.3 is 15.2 Å². The molecule has 2 saturated carbocycles. The Balaban J connectivity index is 1.23. The molecule has 0 radical (unpaired) electrons. The van der Waals surface area contributed by atoms with E-state index in [-0.39, 0.29) is 24.0 Å². The number of rotatable bonds is 8. The quantitative estimate of drug-likeness (QED) is 0.351. The van der Waals surface area contributed by atoms with E-state index in [9.17, 15) is 14.1 Å². The zero-order valence-electron chi connectivity index (χ0n) is 21.9. The zero-order valence-corrected chi connectivity index (χ0v) is 23.5. The minimum atomic E-state index is -1.87. The highest BCUT2D eigenvalue weighted by atomic mass is 32.2. The average molecular weight is 569 g/mol. The van der Waals surface area contributed by atoms with E-state index in [0.717, 1.165) is 23.3 Å². The summed E-state index contributed by atoms with van der Waals surface area (Å²) in [5, 5.41) is 19.3. The van der Waals surface area contributed by atoms with Crippen molar-refractivity contribution in [3.05, 3.63) is 74.4 Å². The van der Waals surface area contributed by atoms with Crippen LogP contribution in [0.5, 0.6) is 0 Å². The molecule has 206 valence electrons. The second-order valence-electron chi connectivity index (χ2n) is 10.7. The third kappa shape index (κ3) is 4.96. The van der Waals surface area contributed by atoms with E-state index in [0.29, 0.717) is 42.1 Å². The Bertz CT molecular complexity index is 1450. The Hall–Kier alpha value is -2.54. The van der Waals surface area contributed by atoms with Crippen molar-refractivity contribution in [2.24, 2.45) is 10.6 Å². The molecule has 39 heavy (non-hydrogen) atoms. The minimum absolute atomic E-state index is 0.123. The highest BCUT2D eigenvalue weighted by Crippen LogP contribution is 2.60. The van der Waals surface area contributed by atoms with E-state index in [1.54, 1.807) is 0 Å². The van der Waals surface area contributed by atoms with Gasteiger partial charge in [0.15, 0.2) is 0 Å². The van der Waals surface area contributed by atoms with Crippen molar-refractivity contribution in [1.82, 2.24) is 9.97 Å². The predicted octanol–water partition coefficient (Wildman–Crippen LogP) is 3.55. The van der Waals surface area contributed by atoms with Crippen LogP contribution in [-0.2, 0) is 33.0 Å². The molecular formula is C28H32N4O5S2. The molecule has 2 fully saturated rings. The molecule has 0 saturated heterocycles. The number of hydrogen-bond acceptors (Lipinski definition) is 9. The fraction of sp³-hybridized carbons (Fsp3) is 0.464. The first-order valence-corrected chi connectivity index (χ1v) is 15.2. The zero-order chi connectivity index (χ0) is 27.3. The van der Waals surface area contributed by atoms with Gasteiger partial charge >= 0.3 is 0 Å². The maximum Gasteiger partial charge on any atom is 0.231 e. The summed E-state index contributed by atoms with van der Waals surface area (Å²) in [5.74, 6) is 0.277. The molecule has 2 aromatic heterocycles. The number of thiophene rings is 1. The number of aliphatic hydroxyl groups is 1. The monoisotopic (exact) mass is 568 g/mol. The van der Waals surface area contributed by atoms with Crippen LogP contribution in [-0.4, -0.2) is 49.9 Å². The molecule has 3 aliphatic rings. The van der Waals surface area contributed by atoms with Crippen LogP contribution < -0.4 is 10.5 Å². The fourth-order valence-electron chi connectivity index (χ4n) is 6.16. The second kappa shape index (κ2) is 10.5. The van der Waals surface area contributed by atoms with Crippen LogP contribution in [0.3, 0.4) is 0 Å². The minimum Gasteiger partial charge on any atom is -0.392 e. The van der Waals surface area contributed by atoms with Crippen molar-refractivity contribution >= 4 is 34.2 Å². The highest BCUT2D eigenvalue weighted by Gasteiger charge is 2.65. The Labute approximate surface area is 234 Å². The molecule has 4 N–H and O–H groups in total. The van der Waals surface area contributed by atoms with Gasteiger partial charge in [-0.2, -0.15) is 0 Å². The van der Waals surface area contributed by atoms with E-state index in [1.165, 1.54) is 40.6 Å². The smallest absolute Gasteiger partial charge is 0.231 e. The maximum atomic E-state index is 13.7. The summed E-state index contributed by atoms with van der Waals surface area (Å²) < 4.78 is 22.8. The summed E-state index contributed by atoms with van der Waals surface area (Å²) in [7, 11) is 0. The standard InChI is InChI=1S/C28H32N4O5S2/c1-3-16-4-5-17-6-7-36-26(20(17)8-16)19-10-22(38-15(19)2)25(34)21-13-30-14-31-27(21)32-18-9-23(33)28(11-18)12-24(28)37-39(29)35/h4-5,8,10,13-14,18,23-24,26,33H,3,6-7,9,11-12,29H2,1-2H3,(H,30,31,32)/t18-,23-,24?,26?,28?,39?/m0/s1. The van der Waals surface area contributed by atoms with E-state index in [1.807, 2.05) is 13.0 Å². The lowest BCUT2D eigenvalue weighted by Gasteiger charge is -2.27. The summed E-state index contributed by atoms with van der Waals surface area (Å²) in [6.07, 6.45) is 5.32. The third-order valence-electron chi connectivity index (χ3n) is 8.37. The molecule has 6 atom stereocenters. The number of aliphatic hydroxyl groups excluding tert-OH is 1. The number of nitrogens with one attached hydrogen (secondary N) is 1. The van der Waals surface area contributed by atoms with Gasteiger partial charge in [0.1, 0.15) is 18.2 Å². The fourth-order valence-corrected chi connectivity index (χ4v) is 7.65. The number of carbonyl (C=O) groups is 1. The highest BCUT2D eigenvalue weighted by molar-refractivity contribution is 7.77. The Morgan fingerprint density at radius 2 is 2.18 bits per heavy atom. The lowest BCUT2D eigenvalue weighted by atomic mass is 9.91. The van der Waals surface area contributed by atoms with Crippen LogP contribution in [0.1, 0.15) is 74.7 Å². The van der Waals surface area contributed by atoms with Crippen molar-refractivity contribution in [2.45, 2.75) is 70.3 Å². The topological polar surface area (TPSA) is 137 Å². The van der Waals surface area contributed by atoms with Gasteiger partial charge in [-0.05, 0) is 67.3 Å². The Morgan fingerprint density at radius 1 is 1.33 bits per heavy atom. The van der Waals surface area contributed by atoms with Gasteiger partial charge in [-0.3, -0.25) is 8.98 Å². The molecule has 2 aliphatic carbocycles. The number of hydrogen-bond donors (Lipinski definition) is 3. The van der Waals surface area contributed by atoms with Crippen molar-refractivity contribution in [1.29, 1.82) is 0 Å². The number of aromatic nitrogens is 2.